The number of nitrogens with zero attached hydrogens (tertiary/aromatic N) is 2. The van der Waals surface area contributed by atoms with Crippen molar-refractivity contribution in [2.75, 3.05) is 11.1 Å². The van der Waals surface area contributed by atoms with Crippen LogP contribution in [0, 0.1) is 20.8 Å². The Hall–Kier alpha value is -3.30. The summed E-state index contributed by atoms with van der Waals surface area (Å²) in [6.45, 7) is 5.85. The number of esters is 1. The lowest BCUT2D eigenvalue weighted by Crippen LogP contribution is -2.14. The average Bonchev–Trinajstić information content (AvgIpc) is 3.31. The van der Waals surface area contributed by atoms with Crippen molar-refractivity contribution in [3.63, 3.8) is 0 Å². The fourth-order valence-electron chi connectivity index (χ4n) is 3.30. The molecule has 0 saturated heterocycles. The molecule has 9 heteroatoms. The Morgan fingerprint density at radius 1 is 1.12 bits per heavy atom. The van der Waals surface area contributed by atoms with E-state index in [0.717, 1.165) is 32.7 Å². The number of thiazole rings is 1. The van der Waals surface area contributed by atoms with Gasteiger partial charge in [0.1, 0.15) is 21.3 Å². The number of hydrogen-bond donors (Lipinski definition) is 2. The van der Waals surface area contributed by atoms with E-state index < -0.39 is 5.97 Å². The number of anilines is 2. The van der Waals surface area contributed by atoms with Gasteiger partial charge in [0.15, 0.2) is 0 Å². The third-order valence-electron chi connectivity index (χ3n) is 4.81. The Kier molecular flexibility index (Phi) is 6.20. The van der Waals surface area contributed by atoms with Gasteiger partial charge in [-0.15, -0.1) is 22.7 Å². The van der Waals surface area contributed by atoms with Crippen molar-refractivity contribution >= 4 is 56.1 Å². The highest BCUT2D eigenvalue weighted by Crippen LogP contribution is 2.35. The van der Waals surface area contributed by atoms with E-state index >= 15 is 0 Å². The number of thiophene rings is 1. The lowest BCUT2D eigenvalue weighted by Gasteiger charge is -2.04. The van der Waals surface area contributed by atoms with Crippen LogP contribution in [0.1, 0.15) is 37.2 Å². The van der Waals surface area contributed by atoms with Crippen LogP contribution in [0.15, 0.2) is 35.7 Å². The molecule has 32 heavy (non-hydrogen) atoms. The molecule has 3 N–H and O–H groups in total. The van der Waals surface area contributed by atoms with Crippen molar-refractivity contribution in [2.45, 2.75) is 33.8 Å². The number of nitrogens with one attached hydrogen (secondary N) is 1. The number of hydrogen-bond acceptors (Lipinski definition) is 8. The third-order valence-corrected chi connectivity index (χ3v) is 6.78. The summed E-state index contributed by atoms with van der Waals surface area (Å²) in [7, 11) is 0. The van der Waals surface area contributed by atoms with Crippen molar-refractivity contribution in [1.82, 2.24) is 9.97 Å². The molecule has 0 bridgehead atoms. The molecular formula is C23H22N4O3S2. The van der Waals surface area contributed by atoms with Gasteiger partial charge in [-0.3, -0.25) is 4.79 Å². The summed E-state index contributed by atoms with van der Waals surface area (Å²) in [4.78, 5) is 34.8. The van der Waals surface area contributed by atoms with E-state index in [1.807, 2.05) is 51.1 Å². The first-order valence-electron chi connectivity index (χ1n) is 9.93. The van der Waals surface area contributed by atoms with Crippen LogP contribution in [0.3, 0.4) is 0 Å². The number of nitrogen functional groups attached to an aromatic ring is 1. The Morgan fingerprint density at radius 3 is 2.62 bits per heavy atom. The molecule has 0 radical (unpaired) electrons. The Bertz CT molecular complexity index is 1310. The van der Waals surface area contributed by atoms with Crippen LogP contribution in [0.4, 0.5) is 11.4 Å². The fraction of sp³-hybridized carbons (Fsp3) is 0.217. The summed E-state index contributed by atoms with van der Waals surface area (Å²) >= 11 is 2.58. The molecule has 7 nitrogen and oxygen atoms in total. The monoisotopic (exact) mass is 466 g/mol. The first-order chi connectivity index (χ1) is 15.3. The van der Waals surface area contributed by atoms with Crippen LogP contribution >= 0.6 is 22.7 Å². The number of benzene rings is 1. The SMILES string of the molecule is Cc1ccc(NC(=O)Cc2nc(COC(=O)c3sc4nc(C)cc(C)c4c3N)cs2)cc1. The predicted octanol–water partition coefficient (Wildman–Crippen LogP) is 4.80. The molecule has 3 heterocycles. The number of fused-ring (bicyclic) bond motifs is 1. The molecule has 164 valence electrons. The predicted molar refractivity (Wildman–Crippen MR) is 128 cm³/mol. The van der Waals surface area contributed by atoms with Crippen molar-refractivity contribution in [1.29, 1.82) is 0 Å². The van der Waals surface area contributed by atoms with Gasteiger partial charge in [0.2, 0.25) is 5.91 Å². The number of pyridine rings is 1. The molecule has 3 aromatic heterocycles. The zero-order valence-corrected chi connectivity index (χ0v) is 19.5. The second-order valence-electron chi connectivity index (χ2n) is 7.51. The minimum absolute atomic E-state index is 0.00797. The molecule has 4 aromatic rings. The first kappa shape index (κ1) is 21.9. The van der Waals surface area contributed by atoms with Crippen LogP contribution in [-0.2, 0) is 22.6 Å². The van der Waals surface area contributed by atoms with Crippen LogP contribution in [-0.4, -0.2) is 21.8 Å². The summed E-state index contributed by atoms with van der Waals surface area (Å²) in [5.41, 5.74) is 10.9. The maximum atomic E-state index is 12.6. The van der Waals surface area contributed by atoms with Gasteiger partial charge in [0.05, 0.1) is 17.8 Å². The number of aromatic nitrogens is 2. The maximum Gasteiger partial charge on any atom is 0.350 e. The summed E-state index contributed by atoms with van der Waals surface area (Å²) in [5.74, 6) is -0.655. The molecular weight excluding hydrogens is 444 g/mol. The second-order valence-corrected chi connectivity index (χ2v) is 9.45. The zero-order valence-electron chi connectivity index (χ0n) is 17.9. The van der Waals surface area contributed by atoms with E-state index in [9.17, 15) is 9.59 Å². The number of aryl methyl sites for hydroxylation is 3. The minimum Gasteiger partial charge on any atom is -0.455 e. The molecule has 0 saturated carbocycles. The quantitative estimate of drug-likeness (QED) is 0.395. The summed E-state index contributed by atoms with van der Waals surface area (Å²) in [6, 6.07) is 9.53. The van der Waals surface area contributed by atoms with Gasteiger partial charge in [-0.1, -0.05) is 17.7 Å². The van der Waals surface area contributed by atoms with Gasteiger partial charge >= 0.3 is 5.97 Å². The Labute approximate surface area is 193 Å². The summed E-state index contributed by atoms with van der Waals surface area (Å²) in [6.07, 6.45) is 0.153. The van der Waals surface area contributed by atoms with Crippen molar-refractivity contribution in [3.8, 4) is 0 Å². The molecule has 0 spiro atoms. The fourth-order valence-corrected chi connectivity index (χ4v) is 5.19. The van der Waals surface area contributed by atoms with Crippen molar-refractivity contribution < 1.29 is 14.3 Å². The molecule has 1 aromatic carbocycles. The van der Waals surface area contributed by atoms with Crippen LogP contribution in [0.5, 0.6) is 0 Å². The molecule has 0 atom stereocenters. The van der Waals surface area contributed by atoms with Gasteiger partial charge in [-0.05, 0) is 44.5 Å². The molecule has 0 aliphatic rings. The molecule has 0 aliphatic heterocycles. The van der Waals surface area contributed by atoms with Gasteiger partial charge in [-0.2, -0.15) is 0 Å². The molecule has 1 amide bonds. The number of nitrogens with two attached hydrogens (primary N) is 1. The van der Waals surface area contributed by atoms with Gasteiger partial charge in [0.25, 0.3) is 0 Å². The van der Waals surface area contributed by atoms with E-state index in [1.165, 1.54) is 22.7 Å². The summed E-state index contributed by atoms with van der Waals surface area (Å²) in [5, 5.41) is 6.08. The topological polar surface area (TPSA) is 107 Å². The van der Waals surface area contributed by atoms with E-state index in [0.29, 0.717) is 21.3 Å². The standard InChI is InChI=1S/C23H22N4O3S2/c1-12-4-6-15(7-5-12)26-17(28)9-18-27-16(11-31-18)10-30-23(29)21-20(24)19-13(2)8-14(3)25-22(19)32-21/h4-8,11H,9-10,24H2,1-3H3,(H,26,28). The summed E-state index contributed by atoms with van der Waals surface area (Å²) < 4.78 is 5.43. The number of ether oxygens (including phenoxy) is 1. The van der Waals surface area contributed by atoms with Crippen LogP contribution in [0.25, 0.3) is 10.2 Å². The number of carbonyl (C=O) groups excluding carboxylic acids is 2. The smallest absolute Gasteiger partial charge is 0.350 e. The van der Waals surface area contributed by atoms with E-state index in [1.54, 1.807) is 5.38 Å². The minimum atomic E-state index is -0.505. The number of carbonyl (C=O) groups is 2. The van der Waals surface area contributed by atoms with Crippen LogP contribution < -0.4 is 11.1 Å². The lowest BCUT2D eigenvalue weighted by atomic mass is 10.1. The molecule has 0 aliphatic carbocycles. The van der Waals surface area contributed by atoms with Crippen LogP contribution in [0.2, 0.25) is 0 Å². The van der Waals surface area contributed by atoms with Gasteiger partial charge < -0.3 is 15.8 Å². The molecule has 0 fully saturated rings. The molecule has 4 rings (SSSR count). The highest BCUT2D eigenvalue weighted by molar-refractivity contribution is 7.21. The number of amides is 1. The largest absolute Gasteiger partial charge is 0.455 e. The highest BCUT2D eigenvalue weighted by atomic mass is 32.1. The number of rotatable bonds is 6. The van der Waals surface area contributed by atoms with Crippen molar-refractivity contribution in [3.05, 3.63) is 68.1 Å². The first-order valence-corrected chi connectivity index (χ1v) is 11.6. The normalized spacial score (nSPS) is 11.0. The van der Waals surface area contributed by atoms with E-state index in [-0.39, 0.29) is 18.9 Å². The average molecular weight is 467 g/mol. The van der Waals surface area contributed by atoms with Gasteiger partial charge in [-0.25, -0.2) is 14.8 Å². The Morgan fingerprint density at radius 2 is 1.88 bits per heavy atom. The molecule has 0 unspecified atom stereocenters. The highest BCUT2D eigenvalue weighted by Gasteiger charge is 2.20. The van der Waals surface area contributed by atoms with E-state index in [2.05, 4.69) is 15.3 Å². The zero-order chi connectivity index (χ0) is 22.8. The maximum absolute atomic E-state index is 12.6. The lowest BCUT2D eigenvalue weighted by molar-refractivity contribution is -0.115. The Balaban J connectivity index is 1.37. The van der Waals surface area contributed by atoms with Crippen molar-refractivity contribution in [2.24, 2.45) is 0 Å². The van der Waals surface area contributed by atoms with Gasteiger partial charge in [0, 0.05) is 22.1 Å². The second kappa shape index (κ2) is 9.05. The van der Waals surface area contributed by atoms with E-state index in [4.69, 9.17) is 10.5 Å². The third kappa shape index (κ3) is 4.79.